The molecular formula is C14H20. The van der Waals surface area contributed by atoms with Crippen LogP contribution in [0.15, 0.2) is 24.8 Å². The second-order valence-corrected chi connectivity index (χ2v) is 5.87. The predicted octanol–water partition coefficient (Wildman–Crippen LogP) is 3.95. The first-order chi connectivity index (χ1) is 6.80. The van der Waals surface area contributed by atoms with Crippen LogP contribution in [0.5, 0.6) is 0 Å². The summed E-state index contributed by atoms with van der Waals surface area (Å²) in [6, 6.07) is 0. The fraction of sp³-hybridized carbons (Fsp3) is 0.714. The minimum Gasteiger partial charge on any atom is -0.0991 e. The van der Waals surface area contributed by atoms with E-state index >= 15 is 0 Å². The molecule has 0 atom stereocenters. The highest BCUT2D eigenvalue weighted by Crippen LogP contribution is 2.60. The van der Waals surface area contributed by atoms with Gasteiger partial charge in [0, 0.05) is 0 Å². The van der Waals surface area contributed by atoms with Crippen molar-refractivity contribution in [3.63, 3.8) is 0 Å². The van der Waals surface area contributed by atoms with Crippen LogP contribution in [-0.2, 0) is 0 Å². The van der Waals surface area contributed by atoms with Crippen molar-refractivity contribution in [2.45, 2.75) is 38.5 Å². The summed E-state index contributed by atoms with van der Waals surface area (Å²) in [5.41, 5.74) is 0.600. The molecule has 0 aromatic heterocycles. The van der Waals surface area contributed by atoms with E-state index in [0.29, 0.717) is 5.41 Å². The van der Waals surface area contributed by atoms with E-state index in [1.54, 1.807) is 19.3 Å². The Hall–Kier alpha value is -0.520. The zero-order valence-corrected chi connectivity index (χ0v) is 8.91. The lowest BCUT2D eigenvalue weighted by Gasteiger charge is -2.55. The van der Waals surface area contributed by atoms with Crippen molar-refractivity contribution in [1.82, 2.24) is 0 Å². The molecule has 4 aliphatic rings. The molecule has 0 aromatic rings. The van der Waals surface area contributed by atoms with Crippen molar-refractivity contribution in [3.8, 4) is 0 Å². The average Bonchev–Trinajstić information content (AvgIpc) is 2.12. The molecule has 0 unspecified atom stereocenters. The van der Waals surface area contributed by atoms with Gasteiger partial charge >= 0.3 is 0 Å². The summed E-state index contributed by atoms with van der Waals surface area (Å²) in [4.78, 5) is 0. The first-order valence-electron chi connectivity index (χ1n) is 6.10. The number of allylic oxidation sites excluding steroid dienone is 3. The number of hydrogen-bond donors (Lipinski definition) is 0. The summed E-state index contributed by atoms with van der Waals surface area (Å²) in [6.07, 6.45) is 15.7. The highest BCUT2D eigenvalue weighted by atomic mass is 14.5. The van der Waals surface area contributed by atoms with Gasteiger partial charge in [-0.1, -0.05) is 24.8 Å². The van der Waals surface area contributed by atoms with Crippen LogP contribution in [0.1, 0.15) is 38.5 Å². The van der Waals surface area contributed by atoms with E-state index in [0.717, 1.165) is 17.8 Å². The van der Waals surface area contributed by atoms with Crippen LogP contribution < -0.4 is 0 Å². The molecule has 0 heterocycles. The molecule has 4 rings (SSSR count). The molecule has 0 nitrogen and oxygen atoms in total. The Morgan fingerprint density at radius 2 is 1.43 bits per heavy atom. The zero-order valence-electron chi connectivity index (χ0n) is 8.91. The van der Waals surface area contributed by atoms with Gasteiger partial charge in [-0.25, -0.2) is 0 Å². The highest BCUT2D eigenvalue weighted by Gasteiger charge is 2.49. The molecule has 0 radical (unpaired) electrons. The van der Waals surface area contributed by atoms with Crippen molar-refractivity contribution >= 4 is 0 Å². The molecule has 4 bridgehead atoms. The molecular weight excluding hydrogens is 168 g/mol. The van der Waals surface area contributed by atoms with Gasteiger partial charge in [-0.05, 0) is 61.7 Å². The smallest absolute Gasteiger partial charge is 0.0107 e. The topological polar surface area (TPSA) is 0 Å². The third-order valence-electron chi connectivity index (χ3n) is 4.67. The highest BCUT2D eigenvalue weighted by molar-refractivity contribution is 5.13. The third kappa shape index (κ3) is 1.27. The Bertz CT molecular complexity index is 236. The Balaban J connectivity index is 1.87. The third-order valence-corrected chi connectivity index (χ3v) is 4.67. The molecule has 4 saturated carbocycles. The normalized spacial score (nSPS) is 50.1. The molecule has 76 valence electrons. The summed E-state index contributed by atoms with van der Waals surface area (Å²) in [5.74, 6) is 3.20. The van der Waals surface area contributed by atoms with E-state index in [1.807, 2.05) is 6.08 Å². The van der Waals surface area contributed by atoms with Crippen molar-refractivity contribution in [2.24, 2.45) is 23.2 Å². The predicted molar refractivity (Wildman–Crippen MR) is 59.9 cm³/mol. The average molecular weight is 188 g/mol. The summed E-state index contributed by atoms with van der Waals surface area (Å²) >= 11 is 0. The van der Waals surface area contributed by atoms with Gasteiger partial charge in [-0.2, -0.15) is 0 Å². The quantitative estimate of drug-likeness (QED) is 0.576. The fourth-order valence-electron chi connectivity index (χ4n) is 4.65. The number of hydrogen-bond acceptors (Lipinski definition) is 0. The van der Waals surface area contributed by atoms with Crippen molar-refractivity contribution < 1.29 is 0 Å². The Morgan fingerprint density at radius 3 is 1.86 bits per heavy atom. The van der Waals surface area contributed by atoms with E-state index in [4.69, 9.17) is 0 Å². The van der Waals surface area contributed by atoms with E-state index in [1.165, 1.54) is 19.3 Å². The van der Waals surface area contributed by atoms with Gasteiger partial charge in [0.05, 0.1) is 0 Å². The van der Waals surface area contributed by atoms with Crippen LogP contribution in [-0.4, -0.2) is 0 Å². The van der Waals surface area contributed by atoms with Crippen molar-refractivity contribution in [3.05, 3.63) is 24.8 Å². The Morgan fingerprint density at radius 1 is 0.929 bits per heavy atom. The lowest BCUT2D eigenvalue weighted by Crippen LogP contribution is -2.44. The standard InChI is InChI=1S/C14H20/c1-2-3-4-14-8-11-5-12(9-14)7-13(6-11)10-14/h2-4,11-13H,1,5-10H2/b4-3+. The molecule has 0 aliphatic heterocycles. The summed E-state index contributed by atoms with van der Waals surface area (Å²) in [5, 5.41) is 0. The molecule has 4 aliphatic carbocycles. The van der Waals surface area contributed by atoms with E-state index in [-0.39, 0.29) is 0 Å². The summed E-state index contributed by atoms with van der Waals surface area (Å²) in [7, 11) is 0. The lowest BCUT2D eigenvalue weighted by atomic mass is 9.49. The maximum Gasteiger partial charge on any atom is -0.0107 e. The monoisotopic (exact) mass is 188 g/mol. The first kappa shape index (κ1) is 8.76. The minimum atomic E-state index is 0.600. The molecule has 4 fully saturated rings. The van der Waals surface area contributed by atoms with Crippen LogP contribution in [0, 0.1) is 23.2 Å². The van der Waals surface area contributed by atoms with Gasteiger partial charge in [0.2, 0.25) is 0 Å². The van der Waals surface area contributed by atoms with Crippen molar-refractivity contribution in [1.29, 1.82) is 0 Å². The van der Waals surface area contributed by atoms with E-state index in [9.17, 15) is 0 Å². The largest absolute Gasteiger partial charge is 0.0991 e. The second kappa shape index (κ2) is 2.98. The summed E-state index contributed by atoms with van der Waals surface area (Å²) < 4.78 is 0. The molecule has 0 amide bonds. The van der Waals surface area contributed by atoms with Crippen LogP contribution >= 0.6 is 0 Å². The van der Waals surface area contributed by atoms with Gasteiger partial charge in [0.1, 0.15) is 0 Å². The summed E-state index contributed by atoms with van der Waals surface area (Å²) in [6.45, 7) is 3.79. The fourth-order valence-corrected chi connectivity index (χ4v) is 4.65. The van der Waals surface area contributed by atoms with E-state index in [2.05, 4.69) is 18.7 Å². The molecule has 14 heavy (non-hydrogen) atoms. The maximum absolute atomic E-state index is 3.79. The van der Waals surface area contributed by atoms with Gasteiger partial charge in [0.25, 0.3) is 0 Å². The van der Waals surface area contributed by atoms with Gasteiger partial charge in [-0.3, -0.25) is 0 Å². The zero-order chi connectivity index (χ0) is 9.60. The second-order valence-electron chi connectivity index (χ2n) is 5.87. The maximum atomic E-state index is 3.79. The van der Waals surface area contributed by atoms with Gasteiger partial charge in [-0.15, -0.1) is 0 Å². The van der Waals surface area contributed by atoms with Crippen LogP contribution in [0.3, 0.4) is 0 Å². The van der Waals surface area contributed by atoms with E-state index < -0.39 is 0 Å². The molecule has 0 spiro atoms. The van der Waals surface area contributed by atoms with Crippen molar-refractivity contribution in [2.75, 3.05) is 0 Å². The SMILES string of the molecule is C=C/C=C/C12CC3CC(CC(C3)C1)C2. The van der Waals surface area contributed by atoms with Crippen LogP contribution in [0.4, 0.5) is 0 Å². The first-order valence-corrected chi connectivity index (χ1v) is 6.10. The Labute approximate surface area is 87.1 Å². The minimum absolute atomic E-state index is 0.600. The van der Waals surface area contributed by atoms with Crippen LogP contribution in [0.2, 0.25) is 0 Å². The van der Waals surface area contributed by atoms with Gasteiger partial charge in [0.15, 0.2) is 0 Å². The van der Waals surface area contributed by atoms with Crippen LogP contribution in [0.25, 0.3) is 0 Å². The van der Waals surface area contributed by atoms with Gasteiger partial charge < -0.3 is 0 Å². The molecule has 0 saturated heterocycles. The lowest BCUT2D eigenvalue weighted by molar-refractivity contribution is -0.0237. The Kier molecular flexibility index (Phi) is 1.87. The number of rotatable bonds is 2. The molecule has 0 aromatic carbocycles. The molecule has 0 N–H and O–H groups in total. The molecule has 0 heteroatoms.